The maximum absolute atomic E-state index is 12.6. The second-order valence-corrected chi connectivity index (χ2v) is 8.63. The van der Waals surface area contributed by atoms with Gasteiger partial charge in [-0.2, -0.15) is 11.8 Å². The number of carboxylic acid groups (broad SMARTS) is 2. The van der Waals surface area contributed by atoms with Gasteiger partial charge < -0.3 is 26.6 Å². The van der Waals surface area contributed by atoms with Crippen LogP contribution in [0, 0.1) is 0 Å². The zero-order chi connectivity index (χ0) is 25.8. The zero-order valence-corrected chi connectivity index (χ0v) is 19.6. The highest BCUT2D eigenvalue weighted by molar-refractivity contribution is 8.00. The topological polar surface area (TPSA) is 176 Å². The first-order valence-corrected chi connectivity index (χ1v) is 11.9. The van der Waals surface area contributed by atoms with Crippen LogP contribution in [0.25, 0.3) is 11.1 Å². The van der Waals surface area contributed by atoms with Gasteiger partial charge in [0.15, 0.2) is 5.78 Å². The molecule has 0 radical (unpaired) electrons. The molecule has 11 heteroatoms. The molecule has 0 aromatic heterocycles. The Balaban J connectivity index is 1.92. The van der Waals surface area contributed by atoms with Crippen LogP contribution in [0.1, 0.15) is 23.2 Å². The molecule has 186 valence electrons. The maximum atomic E-state index is 12.6. The molecule has 0 saturated heterocycles. The quantitative estimate of drug-likeness (QED) is 0.238. The molecule has 2 rings (SSSR count). The number of hydrogen-bond donors (Lipinski definition) is 5. The lowest BCUT2D eigenvalue weighted by molar-refractivity contribution is -0.139. The van der Waals surface area contributed by atoms with Gasteiger partial charge in [-0.1, -0.05) is 54.6 Å². The first-order valence-electron chi connectivity index (χ1n) is 10.7. The van der Waals surface area contributed by atoms with Crippen molar-refractivity contribution in [1.29, 1.82) is 0 Å². The average Bonchev–Trinajstić information content (AvgIpc) is 2.85. The largest absolute Gasteiger partial charge is 0.480 e. The summed E-state index contributed by atoms with van der Waals surface area (Å²) >= 11 is 1.11. The van der Waals surface area contributed by atoms with E-state index in [1.54, 1.807) is 12.1 Å². The van der Waals surface area contributed by atoms with E-state index >= 15 is 0 Å². The summed E-state index contributed by atoms with van der Waals surface area (Å²) in [5.41, 5.74) is 7.87. The van der Waals surface area contributed by atoms with Crippen molar-refractivity contribution in [2.75, 3.05) is 18.1 Å². The number of carbonyl (C=O) groups is 5. The number of ketones is 1. The predicted octanol–water partition coefficient (Wildman–Crippen LogP) is 1.15. The van der Waals surface area contributed by atoms with Crippen LogP contribution in [0.3, 0.4) is 0 Å². The van der Waals surface area contributed by atoms with Crippen molar-refractivity contribution in [1.82, 2.24) is 10.6 Å². The Morgan fingerprint density at radius 2 is 1.54 bits per heavy atom. The van der Waals surface area contributed by atoms with Crippen molar-refractivity contribution in [3.8, 4) is 11.1 Å². The van der Waals surface area contributed by atoms with Crippen LogP contribution in [0.15, 0.2) is 54.6 Å². The van der Waals surface area contributed by atoms with Crippen molar-refractivity contribution in [3.63, 3.8) is 0 Å². The first-order chi connectivity index (χ1) is 16.7. The Bertz CT molecular complexity index is 1040. The van der Waals surface area contributed by atoms with Gasteiger partial charge in [-0.15, -0.1) is 0 Å². The molecule has 0 aliphatic carbocycles. The third-order valence-corrected chi connectivity index (χ3v) is 5.93. The maximum Gasteiger partial charge on any atom is 0.322 e. The first kappa shape index (κ1) is 27.5. The van der Waals surface area contributed by atoms with Crippen LogP contribution in [-0.4, -0.2) is 69.9 Å². The van der Waals surface area contributed by atoms with Crippen molar-refractivity contribution >= 4 is 41.3 Å². The highest BCUT2D eigenvalue weighted by Gasteiger charge is 2.23. The summed E-state index contributed by atoms with van der Waals surface area (Å²) in [6, 6.07) is 14.5. The number of carboxylic acids is 2. The van der Waals surface area contributed by atoms with Gasteiger partial charge in [0, 0.05) is 17.7 Å². The molecule has 2 atom stereocenters. The average molecular weight is 502 g/mol. The van der Waals surface area contributed by atoms with Crippen molar-refractivity contribution < 1.29 is 34.2 Å². The van der Waals surface area contributed by atoms with Crippen molar-refractivity contribution in [2.45, 2.75) is 24.9 Å². The molecule has 35 heavy (non-hydrogen) atoms. The van der Waals surface area contributed by atoms with Gasteiger partial charge in [0.25, 0.3) is 0 Å². The molecule has 0 aliphatic heterocycles. The van der Waals surface area contributed by atoms with E-state index in [9.17, 15) is 24.0 Å². The van der Waals surface area contributed by atoms with E-state index in [1.165, 1.54) is 0 Å². The van der Waals surface area contributed by atoms with Crippen LogP contribution in [-0.2, 0) is 19.2 Å². The third-order valence-electron chi connectivity index (χ3n) is 4.90. The molecule has 0 aliphatic rings. The number of benzene rings is 2. The molecule has 2 aromatic rings. The molecule has 0 spiro atoms. The minimum Gasteiger partial charge on any atom is -0.480 e. The summed E-state index contributed by atoms with van der Waals surface area (Å²) in [5.74, 6) is -3.96. The van der Waals surface area contributed by atoms with E-state index in [4.69, 9.17) is 15.9 Å². The summed E-state index contributed by atoms with van der Waals surface area (Å²) in [6.07, 6.45) is -0.358. The van der Waals surface area contributed by atoms with E-state index in [0.717, 1.165) is 22.9 Å². The second-order valence-electron chi connectivity index (χ2n) is 7.60. The second kappa shape index (κ2) is 13.9. The molecular formula is C24H27N3O7S. The number of amides is 2. The van der Waals surface area contributed by atoms with E-state index in [1.807, 2.05) is 42.5 Å². The summed E-state index contributed by atoms with van der Waals surface area (Å²) in [5, 5.41) is 22.2. The van der Waals surface area contributed by atoms with Crippen LogP contribution in [0.4, 0.5) is 0 Å². The number of rotatable bonds is 14. The minimum absolute atomic E-state index is 0.00994. The Kier molecular flexibility index (Phi) is 10.9. The molecule has 6 N–H and O–H groups in total. The number of nitrogens with two attached hydrogens (primary N) is 1. The van der Waals surface area contributed by atoms with Gasteiger partial charge in [0.1, 0.15) is 18.6 Å². The number of carbonyl (C=O) groups excluding carboxylic acids is 3. The van der Waals surface area contributed by atoms with E-state index in [2.05, 4.69) is 10.6 Å². The molecule has 0 bridgehead atoms. The van der Waals surface area contributed by atoms with Gasteiger partial charge in [-0.3, -0.25) is 24.0 Å². The fourth-order valence-corrected chi connectivity index (χ4v) is 3.92. The lowest BCUT2D eigenvalue weighted by Crippen LogP contribution is -2.49. The summed E-state index contributed by atoms with van der Waals surface area (Å²) in [4.78, 5) is 58.6. The van der Waals surface area contributed by atoms with Crippen molar-refractivity contribution in [3.05, 3.63) is 60.2 Å². The highest BCUT2D eigenvalue weighted by atomic mass is 32.2. The Labute approximate surface area is 206 Å². The smallest absolute Gasteiger partial charge is 0.322 e. The fraction of sp³-hybridized carbons (Fsp3) is 0.292. The monoisotopic (exact) mass is 501 g/mol. The summed E-state index contributed by atoms with van der Waals surface area (Å²) in [7, 11) is 0. The number of aliphatic carboxylic acids is 2. The normalized spacial score (nSPS) is 12.3. The number of Topliss-reactive ketones (excluding diaryl/α,β-unsaturated/α-hetero) is 1. The molecule has 0 saturated carbocycles. The lowest BCUT2D eigenvalue weighted by Gasteiger charge is -2.18. The van der Waals surface area contributed by atoms with E-state index in [0.29, 0.717) is 5.56 Å². The molecule has 2 aromatic carbocycles. The number of nitrogens with one attached hydrogen (secondary N) is 2. The van der Waals surface area contributed by atoms with Gasteiger partial charge in [-0.05, 0) is 17.5 Å². The van der Waals surface area contributed by atoms with Gasteiger partial charge in [0.05, 0.1) is 5.75 Å². The van der Waals surface area contributed by atoms with Crippen LogP contribution >= 0.6 is 11.8 Å². The van der Waals surface area contributed by atoms with Crippen molar-refractivity contribution in [2.24, 2.45) is 5.73 Å². The molecular weight excluding hydrogens is 474 g/mol. The van der Waals surface area contributed by atoms with Gasteiger partial charge >= 0.3 is 11.9 Å². The van der Waals surface area contributed by atoms with Gasteiger partial charge in [-0.25, -0.2) is 0 Å². The minimum atomic E-state index is -1.25. The number of hydrogen-bond acceptors (Lipinski definition) is 7. The Morgan fingerprint density at radius 3 is 2.14 bits per heavy atom. The highest BCUT2D eigenvalue weighted by Crippen LogP contribution is 2.20. The Morgan fingerprint density at radius 1 is 0.914 bits per heavy atom. The Hall–Kier alpha value is -3.70. The standard InChI is InChI=1S/C24H27N3O7S/c25-18(24(33)34)10-11-21(29)27-19(23(32)26-12-22(30)31)13-35-14-20(28)17-8-6-16(7-9-17)15-4-2-1-3-5-15/h1-9,18-19H,10-14,25H2,(H,26,32)(H,27,29)(H,30,31)(H,33,34)/t18-,19?/m0/s1. The third kappa shape index (κ3) is 9.59. The molecule has 0 heterocycles. The molecule has 1 unspecified atom stereocenters. The zero-order valence-electron chi connectivity index (χ0n) is 18.8. The van der Waals surface area contributed by atoms with Crippen LogP contribution < -0.4 is 16.4 Å². The van der Waals surface area contributed by atoms with E-state index < -0.39 is 42.4 Å². The fourth-order valence-electron chi connectivity index (χ4n) is 2.98. The van der Waals surface area contributed by atoms with Crippen LogP contribution in [0.2, 0.25) is 0 Å². The molecule has 2 amide bonds. The molecule has 0 fully saturated rings. The summed E-state index contributed by atoms with van der Waals surface area (Å²) < 4.78 is 0. The van der Waals surface area contributed by atoms with E-state index in [-0.39, 0.29) is 30.1 Å². The lowest BCUT2D eigenvalue weighted by atomic mass is 10.0. The summed E-state index contributed by atoms with van der Waals surface area (Å²) in [6.45, 7) is -0.632. The van der Waals surface area contributed by atoms with Gasteiger partial charge in [0.2, 0.25) is 11.8 Å². The predicted molar refractivity (Wildman–Crippen MR) is 131 cm³/mol. The number of thioether (sulfide) groups is 1. The van der Waals surface area contributed by atoms with Crippen LogP contribution in [0.5, 0.6) is 0 Å². The molecule has 10 nitrogen and oxygen atoms in total. The SMILES string of the molecule is N[C@@H](CCC(=O)NC(CSCC(=O)c1ccc(-c2ccccc2)cc1)C(=O)NCC(=O)O)C(=O)O.